The van der Waals surface area contributed by atoms with E-state index in [0.29, 0.717) is 38.5 Å². The number of hydrogen-bond acceptors (Lipinski definition) is 8. The molecule has 1 aliphatic rings. The Kier molecular flexibility index (Phi) is 5.76. The lowest BCUT2D eigenvalue weighted by molar-refractivity contribution is -0.384. The van der Waals surface area contributed by atoms with Gasteiger partial charge in [-0.1, -0.05) is 17.7 Å². The predicted octanol–water partition coefficient (Wildman–Crippen LogP) is 1.39. The molecular formula is C19H21N7O4S. The molecule has 162 valence electrons. The van der Waals surface area contributed by atoms with Crippen molar-refractivity contribution >= 4 is 15.7 Å². The Hall–Kier alpha value is -3.22. The molecule has 0 N–H and O–H groups in total. The number of nitrogens with zero attached hydrogens (tertiary/aromatic N) is 7. The van der Waals surface area contributed by atoms with Gasteiger partial charge in [0.15, 0.2) is 5.82 Å². The third-order valence-electron chi connectivity index (χ3n) is 5.19. The lowest BCUT2D eigenvalue weighted by Gasteiger charge is -2.33. The summed E-state index contributed by atoms with van der Waals surface area (Å²) in [5.74, 6) is 0.676. The summed E-state index contributed by atoms with van der Waals surface area (Å²) in [6.07, 6.45) is 0. The van der Waals surface area contributed by atoms with Gasteiger partial charge in [0.25, 0.3) is 5.69 Å². The molecule has 1 saturated heterocycles. The summed E-state index contributed by atoms with van der Waals surface area (Å²) in [6, 6.07) is 12.8. The fourth-order valence-electron chi connectivity index (χ4n) is 3.41. The molecule has 2 aromatic carbocycles. The van der Waals surface area contributed by atoms with E-state index in [0.717, 1.165) is 11.3 Å². The molecule has 12 heteroatoms. The van der Waals surface area contributed by atoms with E-state index in [-0.39, 0.29) is 10.6 Å². The normalized spacial score (nSPS) is 15.8. The highest BCUT2D eigenvalue weighted by molar-refractivity contribution is 7.89. The van der Waals surface area contributed by atoms with Crippen LogP contribution in [0, 0.1) is 17.0 Å². The lowest BCUT2D eigenvalue weighted by Crippen LogP contribution is -2.48. The first kappa shape index (κ1) is 21.0. The average molecular weight is 443 g/mol. The molecule has 1 aliphatic heterocycles. The molecule has 11 nitrogen and oxygen atoms in total. The first-order valence-corrected chi connectivity index (χ1v) is 11.1. The number of nitro groups is 1. The van der Waals surface area contributed by atoms with Crippen molar-refractivity contribution in [2.24, 2.45) is 0 Å². The summed E-state index contributed by atoms with van der Waals surface area (Å²) in [5, 5.41) is 22.8. The number of rotatable bonds is 6. The highest BCUT2D eigenvalue weighted by Crippen LogP contribution is 2.21. The number of sulfonamides is 1. The number of tetrazole rings is 1. The van der Waals surface area contributed by atoms with Crippen LogP contribution in [0.1, 0.15) is 11.4 Å². The summed E-state index contributed by atoms with van der Waals surface area (Å²) in [7, 11) is -3.71. The molecule has 0 unspecified atom stereocenters. The van der Waals surface area contributed by atoms with Crippen LogP contribution in [-0.2, 0) is 16.6 Å². The van der Waals surface area contributed by atoms with Crippen molar-refractivity contribution in [2.45, 2.75) is 18.4 Å². The maximum absolute atomic E-state index is 12.9. The van der Waals surface area contributed by atoms with Crippen LogP contribution in [-0.4, -0.2) is 68.9 Å². The average Bonchev–Trinajstić information content (AvgIpc) is 3.23. The van der Waals surface area contributed by atoms with Crippen LogP contribution >= 0.6 is 0 Å². The minimum atomic E-state index is -3.71. The van der Waals surface area contributed by atoms with Gasteiger partial charge in [0.05, 0.1) is 22.1 Å². The first-order chi connectivity index (χ1) is 14.8. The van der Waals surface area contributed by atoms with Gasteiger partial charge in [-0.25, -0.2) is 8.42 Å². The topological polar surface area (TPSA) is 127 Å². The van der Waals surface area contributed by atoms with Gasteiger partial charge in [0, 0.05) is 38.3 Å². The molecular weight excluding hydrogens is 422 g/mol. The molecule has 31 heavy (non-hydrogen) atoms. The van der Waals surface area contributed by atoms with Crippen LogP contribution in [0.15, 0.2) is 53.4 Å². The van der Waals surface area contributed by atoms with Crippen LogP contribution in [0.4, 0.5) is 5.69 Å². The lowest BCUT2D eigenvalue weighted by atomic mass is 10.2. The molecule has 0 saturated carbocycles. The molecule has 0 bridgehead atoms. The number of piperazine rings is 1. The van der Waals surface area contributed by atoms with Crippen LogP contribution < -0.4 is 0 Å². The zero-order chi connectivity index (χ0) is 22.0. The van der Waals surface area contributed by atoms with Gasteiger partial charge in [0.2, 0.25) is 10.0 Å². The van der Waals surface area contributed by atoms with Crippen LogP contribution in [0.25, 0.3) is 5.69 Å². The summed E-state index contributed by atoms with van der Waals surface area (Å²) >= 11 is 0. The zero-order valence-electron chi connectivity index (χ0n) is 16.8. The highest BCUT2D eigenvalue weighted by atomic mass is 32.2. The van der Waals surface area contributed by atoms with E-state index in [9.17, 15) is 18.5 Å². The van der Waals surface area contributed by atoms with Gasteiger partial charge < -0.3 is 0 Å². The number of non-ortho nitro benzene ring substituents is 1. The van der Waals surface area contributed by atoms with Gasteiger partial charge >= 0.3 is 0 Å². The van der Waals surface area contributed by atoms with Crippen molar-refractivity contribution in [3.63, 3.8) is 0 Å². The summed E-state index contributed by atoms with van der Waals surface area (Å²) in [5.41, 5.74) is 1.86. The highest BCUT2D eigenvalue weighted by Gasteiger charge is 2.29. The van der Waals surface area contributed by atoms with Crippen molar-refractivity contribution in [1.82, 2.24) is 29.4 Å². The van der Waals surface area contributed by atoms with E-state index < -0.39 is 14.9 Å². The van der Waals surface area contributed by atoms with Gasteiger partial charge in [0.1, 0.15) is 0 Å². The third-order valence-corrected chi connectivity index (χ3v) is 7.11. The van der Waals surface area contributed by atoms with E-state index in [1.807, 2.05) is 31.2 Å². The van der Waals surface area contributed by atoms with Crippen LogP contribution in [0.2, 0.25) is 0 Å². The Bertz CT molecular complexity index is 1170. The zero-order valence-corrected chi connectivity index (χ0v) is 17.6. The Morgan fingerprint density at radius 2 is 1.65 bits per heavy atom. The van der Waals surface area contributed by atoms with Gasteiger partial charge in [-0.05, 0) is 41.6 Å². The summed E-state index contributed by atoms with van der Waals surface area (Å²) in [6.45, 7) is 4.16. The Balaban J connectivity index is 1.41. The molecule has 4 rings (SSSR count). The van der Waals surface area contributed by atoms with Crippen molar-refractivity contribution in [3.05, 3.63) is 70.0 Å². The van der Waals surface area contributed by atoms with Gasteiger partial charge in [-0.3, -0.25) is 15.0 Å². The standard InChI is InChI=1S/C19H21N7O4S/c1-15-2-4-16(5-3-15)25-19(20-21-22-25)14-23-10-12-24(13-11-23)31(29,30)18-8-6-17(7-9-18)26(27)28/h2-9H,10-14H2,1H3. The second kappa shape index (κ2) is 8.49. The predicted molar refractivity (Wildman–Crippen MR) is 111 cm³/mol. The van der Waals surface area contributed by atoms with Crippen molar-refractivity contribution < 1.29 is 13.3 Å². The largest absolute Gasteiger partial charge is 0.293 e. The van der Waals surface area contributed by atoms with Crippen LogP contribution in [0.3, 0.4) is 0 Å². The SMILES string of the molecule is Cc1ccc(-n2nnnc2CN2CCN(S(=O)(=O)c3ccc([N+](=O)[O-])cc3)CC2)cc1. The minimum absolute atomic E-state index is 0.0508. The first-order valence-electron chi connectivity index (χ1n) is 9.66. The minimum Gasteiger partial charge on any atom is -0.293 e. The number of benzene rings is 2. The molecule has 1 aromatic heterocycles. The monoisotopic (exact) mass is 443 g/mol. The van der Waals surface area contributed by atoms with E-state index in [2.05, 4.69) is 20.4 Å². The summed E-state index contributed by atoms with van der Waals surface area (Å²) in [4.78, 5) is 12.4. The van der Waals surface area contributed by atoms with E-state index in [1.54, 1.807) is 4.68 Å². The molecule has 0 spiro atoms. The number of aryl methyl sites for hydroxylation is 1. The molecule has 0 atom stereocenters. The van der Waals surface area contributed by atoms with E-state index in [1.165, 1.54) is 28.6 Å². The fraction of sp³-hybridized carbons (Fsp3) is 0.316. The third kappa shape index (κ3) is 4.45. The van der Waals surface area contributed by atoms with E-state index >= 15 is 0 Å². The maximum Gasteiger partial charge on any atom is 0.269 e. The quantitative estimate of drug-likeness (QED) is 0.413. The van der Waals surface area contributed by atoms with E-state index in [4.69, 9.17) is 0 Å². The molecule has 2 heterocycles. The Morgan fingerprint density at radius 3 is 2.26 bits per heavy atom. The van der Waals surface area contributed by atoms with Gasteiger partial charge in [-0.2, -0.15) is 8.99 Å². The molecule has 1 fully saturated rings. The second-order valence-corrected chi connectivity index (χ2v) is 9.21. The molecule has 0 aliphatic carbocycles. The number of nitro benzene ring substituents is 1. The molecule has 0 radical (unpaired) electrons. The van der Waals surface area contributed by atoms with Crippen LogP contribution in [0.5, 0.6) is 0 Å². The second-order valence-electron chi connectivity index (χ2n) is 7.27. The molecule has 3 aromatic rings. The smallest absolute Gasteiger partial charge is 0.269 e. The molecule has 0 amide bonds. The number of hydrogen-bond donors (Lipinski definition) is 0. The Labute approximate surface area is 179 Å². The van der Waals surface area contributed by atoms with Crippen molar-refractivity contribution in [1.29, 1.82) is 0 Å². The van der Waals surface area contributed by atoms with Crippen molar-refractivity contribution in [3.8, 4) is 5.69 Å². The van der Waals surface area contributed by atoms with Gasteiger partial charge in [-0.15, -0.1) is 5.10 Å². The maximum atomic E-state index is 12.9. The van der Waals surface area contributed by atoms with Crippen molar-refractivity contribution in [2.75, 3.05) is 26.2 Å². The number of aromatic nitrogens is 4. The fourth-order valence-corrected chi connectivity index (χ4v) is 4.83. The Morgan fingerprint density at radius 1 is 1.00 bits per heavy atom. The summed E-state index contributed by atoms with van der Waals surface area (Å²) < 4.78 is 28.8.